The van der Waals surface area contributed by atoms with Crippen molar-refractivity contribution in [1.29, 1.82) is 0 Å². The topological polar surface area (TPSA) is 15.3 Å². The Labute approximate surface area is 108 Å². The van der Waals surface area contributed by atoms with Gasteiger partial charge in [0.25, 0.3) is 0 Å². The third kappa shape index (κ3) is 1.79. The van der Waals surface area contributed by atoms with Gasteiger partial charge in [-0.1, -0.05) is 24.4 Å². The van der Waals surface area contributed by atoms with E-state index in [1.54, 1.807) is 0 Å². The third-order valence-corrected chi connectivity index (χ3v) is 4.40. The van der Waals surface area contributed by atoms with Crippen molar-refractivity contribution in [3.05, 3.63) is 22.7 Å². The number of benzene rings is 1. The number of fused-ring (bicyclic) bond motifs is 1. The second-order valence-corrected chi connectivity index (χ2v) is 6.02. The van der Waals surface area contributed by atoms with Crippen LogP contribution in [0, 0.1) is 6.92 Å². The molecule has 1 aromatic carbocycles. The Morgan fingerprint density at radius 3 is 2.71 bits per heavy atom. The van der Waals surface area contributed by atoms with Gasteiger partial charge in [0, 0.05) is 18.6 Å². The molecule has 1 aromatic rings. The first-order chi connectivity index (χ1) is 8.10. The molecule has 1 aliphatic carbocycles. The maximum atomic E-state index is 6.14. The zero-order chi connectivity index (χ0) is 12.0. The molecule has 1 fully saturated rings. The summed E-state index contributed by atoms with van der Waals surface area (Å²) < 4.78 is 0. The van der Waals surface area contributed by atoms with E-state index in [-0.39, 0.29) is 0 Å². The van der Waals surface area contributed by atoms with Crippen LogP contribution in [0.25, 0.3) is 0 Å². The maximum Gasteiger partial charge on any atom is 0.0618 e. The summed E-state index contributed by atoms with van der Waals surface area (Å²) in [4.78, 5) is 2.36. The van der Waals surface area contributed by atoms with Crippen LogP contribution >= 0.6 is 11.6 Å². The highest BCUT2D eigenvalue weighted by Gasteiger charge is 2.39. The second kappa shape index (κ2) is 3.81. The summed E-state index contributed by atoms with van der Waals surface area (Å²) >= 11 is 6.14. The van der Waals surface area contributed by atoms with E-state index in [1.165, 1.54) is 42.6 Å². The van der Waals surface area contributed by atoms with Gasteiger partial charge in [0.1, 0.15) is 0 Å². The van der Waals surface area contributed by atoms with E-state index in [1.807, 2.05) is 0 Å². The molecule has 0 atom stereocenters. The second-order valence-electron chi connectivity index (χ2n) is 5.59. The first kappa shape index (κ1) is 11.2. The third-order valence-electron chi connectivity index (χ3n) is 4.18. The van der Waals surface area contributed by atoms with Crippen molar-refractivity contribution >= 4 is 23.0 Å². The van der Waals surface area contributed by atoms with Crippen LogP contribution in [-0.2, 0) is 0 Å². The van der Waals surface area contributed by atoms with E-state index in [0.29, 0.717) is 5.54 Å². The number of nitrogens with one attached hydrogen (secondary N) is 1. The molecule has 2 nitrogen and oxygen atoms in total. The highest BCUT2D eigenvalue weighted by Crippen LogP contribution is 2.43. The number of rotatable bonds is 0. The molecule has 3 heteroatoms. The van der Waals surface area contributed by atoms with Gasteiger partial charge in [-0.2, -0.15) is 0 Å². The molecule has 1 saturated carbocycles. The fraction of sp³-hybridized carbons (Fsp3) is 0.571. The molecule has 92 valence electrons. The smallest absolute Gasteiger partial charge is 0.0618 e. The molecule has 3 rings (SSSR count). The van der Waals surface area contributed by atoms with E-state index < -0.39 is 0 Å². The Kier molecular flexibility index (Phi) is 2.51. The van der Waals surface area contributed by atoms with E-state index in [0.717, 1.165) is 11.6 Å². The lowest BCUT2D eigenvalue weighted by atomic mass is 9.92. The van der Waals surface area contributed by atoms with E-state index >= 15 is 0 Å². The van der Waals surface area contributed by atoms with Gasteiger partial charge in [0.05, 0.1) is 16.9 Å². The molecule has 0 aromatic heterocycles. The van der Waals surface area contributed by atoms with Crippen LogP contribution in [-0.4, -0.2) is 19.1 Å². The molecule has 1 spiro atoms. The number of anilines is 2. The lowest BCUT2D eigenvalue weighted by molar-refractivity contribution is 0.472. The van der Waals surface area contributed by atoms with Gasteiger partial charge in [-0.25, -0.2) is 0 Å². The highest BCUT2D eigenvalue weighted by atomic mass is 35.5. The van der Waals surface area contributed by atoms with Gasteiger partial charge in [0.2, 0.25) is 0 Å². The standard InChI is InChI=1S/C14H19ClN2/c1-10-7-11(15)8-12-13(10)16-14(9-17(12)2)5-3-4-6-14/h7-8,16H,3-6,9H2,1-2H3. The van der Waals surface area contributed by atoms with E-state index in [4.69, 9.17) is 11.6 Å². The summed E-state index contributed by atoms with van der Waals surface area (Å²) in [5, 5.41) is 4.63. The van der Waals surface area contributed by atoms with Crippen molar-refractivity contribution < 1.29 is 0 Å². The van der Waals surface area contributed by atoms with Crippen LogP contribution in [0.5, 0.6) is 0 Å². The minimum absolute atomic E-state index is 0.306. The Bertz CT molecular complexity index is 450. The summed E-state index contributed by atoms with van der Waals surface area (Å²) in [6, 6.07) is 4.12. The first-order valence-corrected chi connectivity index (χ1v) is 6.77. The maximum absolute atomic E-state index is 6.14. The molecule has 0 bridgehead atoms. The number of likely N-dealkylation sites (N-methyl/N-ethyl adjacent to an activating group) is 1. The van der Waals surface area contributed by atoms with Crippen molar-refractivity contribution in [3.8, 4) is 0 Å². The van der Waals surface area contributed by atoms with Crippen molar-refractivity contribution in [2.24, 2.45) is 0 Å². The molecule has 0 amide bonds. The quantitative estimate of drug-likeness (QED) is 0.753. The van der Waals surface area contributed by atoms with Gasteiger partial charge in [0.15, 0.2) is 0 Å². The summed E-state index contributed by atoms with van der Waals surface area (Å²) in [6.45, 7) is 3.24. The number of halogens is 1. The number of hydrogen-bond donors (Lipinski definition) is 1. The SMILES string of the molecule is Cc1cc(Cl)cc2c1NC1(CCCC1)CN2C. The Balaban J connectivity index is 2.06. The molecular formula is C14H19ClN2. The minimum atomic E-state index is 0.306. The first-order valence-electron chi connectivity index (χ1n) is 6.39. The van der Waals surface area contributed by atoms with Gasteiger partial charge in [-0.15, -0.1) is 0 Å². The van der Waals surface area contributed by atoms with Gasteiger partial charge >= 0.3 is 0 Å². The largest absolute Gasteiger partial charge is 0.376 e. The molecule has 0 saturated heterocycles. The lowest BCUT2D eigenvalue weighted by Gasteiger charge is -2.43. The fourth-order valence-electron chi connectivity index (χ4n) is 3.37. The summed E-state index contributed by atoms with van der Waals surface area (Å²) in [6.07, 6.45) is 5.28. The van der Waals surface area contributed by atoms with Crippen LogP contribution in [0.3, 0.4) is 0 Å². The highest BCUT2D eigenvalue weighted by molar-refractivity contribution is 6.31. The monoisotopic (exact) mass is 250 g/mol. The summed E-state index contributed by atoms with van der Waals surface area (Å²) in [5.41, 5.74) is 4.09. The number of hydrogen-bond acceptors (Lipinski definition) is 2. The van der Waals surface area contributed by atoms with Crippen molar-refractivity contribution in [2.45, 2.75) is 38.1 Å². The van der Waals surface area contributed by atoms with Crippen molar-refractivity contribution in [2.75, 3.05) is 23.8 Å². The molecule has 17 heavy (non-hydrogen) atoms. The average Bonchev–Trinajstić information content (AvgIpc) is 2.69. The summed E-state index contributed by atoms with van der Waals surface area (Å²) in [7, 11) is 2.18. The van der Waals surface area contributed by atoms with Crippen LogP contribution < -0.4 is 10.2 Å². The van der Waals surface area contributed by atoms with Crippen LogP contribution in [0.15, 0.2) is 12.1 Å². The van der Waals surface area contributed by atoms with E-state index in [2.05, 4.69) is 36.3 Å². The molecular weight excluding hydrogens is 232 g/mol. The molecule has 1 aliphatic heterocycles. The van der Waals surface area contributed by atoms with Crippen molar-refractivity contribution in [3.63, 3.8) is 0 Å². The molecule has 2 aliphatic rings. The van der Waals surface area contributed by atoms with Crippen LogP contribution in [0.1, 0.15) is 31.2 Å². The van der Waals surface area contributed by atoms with Crippen LogP contribution in [0.2, 0.25) is 5.02 Å². The zero-order valence-corrected chi connectivity index (χ0v) is 11.3. The Hall–Kier alpha value is -0.890. The lowest BCUT2D eigenvalue weighted by Crippen LogP contribution is -2.49. The average molecular weight is 251 g/mol. The Morgan fingerprint density at radius 1 is 1.29 bits per heavy atom. The predicted molar refractivity (Wildman–Crippen MR) is 74.3 cm³/mol. The molecule has 0 unspecified atom stereocenters. The zero-order valence-electron chi connectivity index (χ0n) is 10.5. The molecule has 0 radical (unpaired) electrons. The number of nitrogens with zero attached hydrogens (tertiary/aromatic N) is 1. The van der Waals surface area contributed by atoms with Crippen molar-refractivity contribution in [1.82, 2.24) is 0 Å². The molecule has 1 N–H and O–H groups in total. The van der Waals surface area contributed by atoms with Gasteiger partial charge in [-0.05, 0) is 37.5 Å². The normalized spacial score (nSPS) is 21.5. The summed E-state index contributed by atoms with van der Waals surface area (Å²) in [5.74, 6) is 0. The fourth-order valence-corrected chi connectivity index (χ4v) is 3.63. The van der Waals surface area contributed by atoms with Gasteiger partial charge < -0.3 is 10.2 Å². The van der Waals surface area contributed by atoms with Gasteiger partial charge in [-0.3, -0.25) is 0 Å². The minimum Gasteiger partial charge on any atom is -0.376 e. The number of aryl methyl sites for hydroxylation is 1. The predicted octanol–water partition coefficient (Wildman–Crippen LogP) is 3.82. The van der Waals surface area contributed by atoms with E-state index in [9.17, 15) is 0 Å². The Morgan fingerprint density at radius 2 is 2.00 bits per heavy atom. The molecule has 1 heterocycles. The van der Waals surface area contributed by atoms with Crippen LogP contribution in [0.4, 0.5) is 11.4 Å².